The maximum Gasteiger partial charge on any atom is 0.0964 e. The van der Waals surface area contributed by atoms with Crippen LogP contribution in [-0.2, 0) is 0 Å². The van der Waals surface area contributed by atoms with Gasteiger partial charge in [-0.05, 0) is 12.3 Å². The SMILES string of the molecule is CC(C)CCCCCCCCCCCCCCC1=NCCN1. The van der Waals surface area contributed by atoms with Gasteiger partial charge in [-0.25, -0.2) is 0 Å². The summed E-state index contributed by atoms with van der Waals surface area (Å²) in [4.78, 5) is 4.44. The van der Waals surface area contributed by atoms with Gasteiger partial charge in [0.05, 0.1) is 12.4 Å². The van der Waals surface area contributed by atoms with E-state index < -0.39 is 0 Å². The monoisotopic (exact) mass is 308 g/mol. The van der Waals surface area contributed by atoms with E-state index in [1.807, 2.05) is 0 Å². The smallest absolute Gasteiger partial charge is 0.0964 e. The third-order valence-corrected chi connectivity index (χ3v) is 4.69. The summed E-state index contributed by atoms with van der Waals surface area (Å²) in [5, 5.41) is 3.36. The van der Waals surface area contributed by atoms with Gasteiger partial charge in [0.2, 0.25) is 0 Å². The Morgan fingerprint density at radius 2 is 1.27 bits per heavy atom. The van der Waals surface area contributed by atoms with Crippen LogP contribution in [0.4, 0.5) is 0 Å². The van der Waals surface area contributed by atoms with Gasteiger partial charge in [-0.15, -0.1) is 0 Å². The van der Waals surface area contributed by atoms with Crippen molar-refractivity contribution in [3.8, 4) is 0 Å². The van der Waals surface area contributed by atoms with Crippen molar-refractivity contribution in [3.63, 3.8) is 0 Å². The van der Waals surface area contributed by atoms with Crippen LogP contribution >= 0.6 is 0 Å². The number of nitrogens with one attached hydrogen (secondary N) is 1. The molecule has 130 valence electrons. The maximum atomic E-state index is 4.44. The first-order chi connectivity index (χ1) is 10.8. The van der Waals surface area contributed by atoms with Crippen molar-refractivity contribution in [3.05, 3.63) is 0 Å². The first-order valence-corrected chi connectivity index (χ1v) is 10.1. The van der Waals surface area contributed by atoms with E-state index in [-0.39, 0.29) is 0 Å². The van der Waals surface area contributed by atoms with E-state index in [2.05, 4.69) is 24.2 Å². The molecular weight excluding hydrogens is 268 g/mol. The molecular formula is C20H40N2. The van der Waals surface area contributed by atoms with E-state index in [0.717, 1.165) is 19.0 Å². The molecule has 22 heavy (non-hydrogen) atoms. The minimum absolute atomic E-state index is 0.891. The molecule has 0 spiro atoms. The Hall–Kier alpha value is -0.530. The molecule has 0 radical (unpaired) electrons. The minimum Gasteiger partial charge on any atom is -0.372 e. The zero-order valence-corrected chi connectivity index (χ0v) is 15.3. The minimum atomic E-state index is 0.891. The molecule has 0 fully saturated rings. The van der Waals surface area contributed by atoms with Crippen LogP contribution in [-0.4, -0.2) is 18.9 Å². The Morgan fingerprint density at radius 1 is 0.773 bits per heavy atom. The van der Waals surface area contributed by atoms with Gasteiger partial charge in [0.25, 0.3) is 0 Å². The van der Waals surface area contributed by atoms with Crippen molar-refractivity contribution in [1.29, 1.82) is 0 Å². The molecule has 1 aliphatic heterocycles. The van der Waals surface area contributed by atoms with E-state index in [0.29, 0.717) is 0 Å². The van der Waals surface area contributed by atoms with Crippen molar-refractivity contribution < 1.29 is 0 Å². The summed E-state index contributed by atoms with van der Waals surface area (Å²) in [6.07, 6.45) is 19.8. The molecule has 1 rings (SSSR count). The number of hydrogen-bond donors (Lipinski definition) is 1. The number of aliphatic imine (C=N–C) groups is 1. The molecule has 0 saturated carbocycles. The van der Waals surface area contributed by atoms with Gasteiger partial charge in [-0.2, -0.15) is 0 Å². The second kappa shape index (κ2) is 14.1. The van der Waals surface area contributed by atoms with E-state index in [9.17, 15) is 0 Å². The van der Waals surface area contributed by atoms with Crippen LogP contribution in [0.3, 0.4) is 0 Å². The number of rotatable bonds is 15. The lowest BCUT2D eigenvalue weighted by Crippen LogP contribution is -2.17. The largest absolute Gasteiger partial charge is 0.372 e. The zero-order valence-electron chi connectivity index (χ0n) is 15.3. The Balaban J connectivity index is 1.68. The number of nitrogens with zero attached hydrogens (tertiary/aromatic N) is 1. The lowest BCUT2D eigenvalue weighted by atomic mass is 10.0. The number of unbranched alkanes of at least 4 members (excludes halogenated alkanes) is 11. The lowest BCUT2D eigenvalue weighted by Gasteiger charge is -2.05. The highest BCUT2D eigenvalue weighted by atomic mass is 15.1. The summed E-state index contributed by atoms with van der Waals surface area (Å²) in [7, 11) is 0. The van der Waals surface area contributed by atoms with Gasteiger partial charge in [-0.1, -0.05) is 90.9 Å². The van der Waals surface area contributed by atoms with Crippen LogP contribution in [0.1, 0.15) is 104 Å². The second-order valence-corrected chi connectivity index (χ2v) is 7.43. The summed E-state index contributed by atoms with van der Waals surface area (Å²) in [6, 6.07) is 0. The predicted octanol–water partition coefficient (Wildman–Crippen LogP) is 6.11. The van der Waals surface area contributed by atoms with Gasteiger partial charge >= 0.3 is 0 Å². The molecule has 0 saturated heterocycles. The van der Waals surface area contributed by atoms with E-state index in [1.54, 1.807) is 0 Å². The van der Waals surface area contributed by atoms with Crippen LogP contribution < -0.4 is 5.32 Å². The molecule has 1 aliphatic rings. The number of amidine groups is 1. The molecule has 2 nitrogen and oxygen atoms in total. The molecule has 0 aromatic rings. The van der Waals surface area contributed by atoms with Crippen molar-refractivity contribution in [2.24, 2.45) is 10.9 Å². The fourth-order valence-corrected chi connectivity index (χ4v) is 3.23. The predicted molar refractivity (Wildman–Crippen MR) is 99.8 cm³/mol. The average molecular weight is 309 g/mol. The van der Waals surface area contributed by atoms with E-state index >= 15 is 0 Å². The maximum absolute atomic E-state index is 4.44. The van der Waals surface area contributed by atoms with Gasteiger partial charge in [0.1, 0.15) is 0 Å². The third-order valence-electron chi connectivity index (χ3n) is 4.69. The quantitative estimate of drug-likeness (QED) is 0.363. The van der Waals surface area contributed by atoms with E-state index in [1.165, 1.54) is 95.7 Å². The van der Waals surface area contributed by atoms with Crippen LogP contribution in [0.25, 0.3) is 0 Å². The molecule has 0 unspecified atom stereocenters. The highest BCUT2D eigenvalue weighted by Crippen LogP contribution is 2.14. The molecule has 0 aromatic heterocycles. The first-order valence-electron chi connectivity index (χ1n) is 10.1. The Bertz CT molecular complexity index is 271. The fraction of sp³-hybridized carbons (Fsp3) is 0.950. The summed E-state index contributed by atoms with van der Waals surface area (Å²) < 4.78 is 0. The number of hydrogen-bond acceptors (Lipinski definition) is 2. The Morgan fingerprint density at radius 3 is 1.73 bits per heavy atom. The molecule has 1 N–H and O–H groups in total. The van der Waals surface area contributed by atoms with Crippen LogP contribution in [0.2, 0.25) is 0 Å². The van der Waals surface area contributed by atoms with Crippen molar-refractivity contribution in [2.45, 2.75) is 104 Å². The Kier molecular flexibility index (Phi) is 12.5. The summed E-state index contributed by atoms with van der Waals surface area (Å²) in [6.45, 7) is 6.72. The van der Waals surface area contributed by atoms with Gasteiger partial charge in [0.15, 0.2) is 0 Å². The van der Waals surface area contributed by atoms with Gasteiger partial charge in [0, 0.05) is 13.0 Å². The van der Waals surface area contributed by atoms with Crippen molar-refractivity contribution in [1.82, 2.24) is 5.32 Å². The molecule has 0 atom stereocenters. The van der Waals surface area contributed by atoms with Gasteiger partial charge in [-0.3, -0.25) is 4.99 Å². The highest BCUT2D eigenvalue weighted by Gasteiger charge is 2.03. The summed E-state index contributed by atoms with van der Waals surface area (Å²) in [5.41, 5.74) is 0. The van der Waals surface area contributed by atoms with Crippen LogP contribution in [0, 0.1) is 5.92 Å². The molecule has 0 aliphatic carbocycles. The normalized spacial score (nSPS) is 14.4. The van der Waals surface area contributed by atoms with Crippen molar-refractivity contribution >= 4 is 5.84 Å². The average Bonchev–Trinajstić information content (AvgIpc) is 3.00. The topological polar surface area (TPSA) is 24.4 Å². The summed E-state index contributed by atoms with van der Waals surface area (Å²) in [5.74, 6) is 2.15. The standard InChI is InChI=1S/C20H40N2/c1-19(2)15-13-11-9-7-5-3-4-6-8-10-12-14-16-20-21-17-18-22-20/h19H,3-18H2,1-2H3,(H,21,22). The Labute approximate surface area is 139 Å². The molecule has 0 bridgehead atoms. The highest BCUT2D eigenvalue weighted by molar-refractivity contribution is 5.83. The van der Waals surface area contributed by atoms with Crippen molar-refractivity contribution in [2.75, 3.05) is 13.1 Å². The van der Waals surface area contributed by atoms with E-state index in [4.69, 9.17) is 0 Å². The fourth-order valence-electron chi connectivity index (χ4n) is 3.23. The lowest BCUT2D eigenvalue weighted by molar-refractivity contribution is 0.503. The second-order valence-electron chi connectivity index (χ2n) is 7.43. The van der Waals surface area contributed by atoms with Crippen LogP contribution in [0.5, 0.6) is 0 Å². The molecule has 0 aromatic carbocycles. The van der Waals surface area contributed by atoms with Crippen LogP contribution in [0.15, 0.2) is 4.99 Å². The third kappa shape index (κ3) is 12.1. The van der Waals surface area contributed by atoms with Gasteiger partial charge < -0.3 is 5.32 Å². The zero-order chi connectivity index (χ0) is 15.9. The molecule has 0 amide bonds. The molecule has 2 heteroatoms. The molecule has 1 heterocycles. The first kappa shape index (κ1) is 19.5. The summed E-state index contributed by atoms with van der Waals surface area (Å²) >= 11 is 0.